The van der Waals surface area contributed by atoms with Crippen molar-refractivity contribution in [2.75, 3.05) is 25.0 Å². The fourth-order valence-electron chi connectivity index (χ4n) is 2.87. The number of hydrogen-bond donors (Lipinski definition) is 2. The lowest BCUT2D eigenvalue weighted by molar-refractivity contribution is -0.118. The van der Waals surface area contributed by atoms with Gasteiger partial charge in [-0.25, -0.2) is 0 Å². The van der Waals surface area contributed by atoms with Crippen LogP contribution in [0.5, 0.6) is 0 Å². The number of amides is 1. The fraction of sp³-hybridized carbons (Fsp3) is 0.786. The van der Waals surface area contributed by atoms with E-state index in [-0.39, 0.29) is 18.5 Å². The Kier molecular flexibility index (Phi) is 4.50. The molecule has 1 saturated heterocycles. The molecule has 0 radical (unpaired) electrons. The van der Waals surface area contributed by atoms with Gasteiger partial charge in [0.15, 0.2) is 0 Å². The van der Waals surface area contributed by atoms with E-state index < -0.39 is 0 Å². The lowest BCUT2D eigenvalue weighted by atomic mass is 10.00. The second-order valence-electron chi connectivity index (χ2n) is 5.90. The molecule has 1 aromatic heterocycles. The van der Waals surface area contributed by atoms with Gasteiger partial charge < -0.3 is 9.52 Å². The molecule has 0 bridgehead atoms. The van der Waals surface area contributed by atoms with Gasteiger partial charge in [0.25, 0.3) is 0 Å². The number of carbonyl (C=O) groups excluding carboxylic acids is 1. The molecule has 2 heterocycles. The van der Waals surface area contributed by atoms with Crippen molar-refractivity contribution in [3.05, 3.63) is 5.89 Å². The highest BCUT2D eigenvalue weighted by molar-refractivity contribution is 5.90. The zero-order valence-electron chi connectivity index (χ0n) is 12.1. The van der Waals surface area contributed by atoms with Crippen LogP contribution < -0.4 is 5.32 Å². The lowest BCUT2D eigenvalue weighted by Crippen LogP contribution is -2.44. The van der Waals surface area contributed by atoms with Crippen molar-refractivity contribution < 1.29 is 14.3 Å². The molecule has 1 atom stereocenters. The summed E-state index contributed by atoms with van der Waals surface area (Å²) in [6, 6.07) is 0.483. The first-order valence-corrected chi connectivity index (χ1v) is 7.74. The summed E-state index contributed by atoms with van der Waals surface area (Å²) in [6.45, 7) is 1.37. The maximum atomic E-state index is 12.1. The van der Waals surface area contributed by atoms with Gasteiger partial charge >= 0.3 is 6.01 Å². The summed E-state index contributed by atoms with van der Waals surface area (Å²) in [4.78, 5) is 14.2. The number of carbonyl (C=O) groups is 1. The van der Waals surface area contributed by atoms with Gasteiger partial charge in [-0.15, -0.1) is 5.10 Å². The van der Waals surface area contributed by atoms with Crippen molar-refractivity contribution in [1.82, 2.24) is 15.1 Å². The van der Waals surface area contributed by atoms with Crippen LogP contribution >= 0.6 is 0 Å². The molecule has 1 unspecified atom stereocenters. The van der Waals surface area contributed by atoms with Crippen LogP contribution in [-0.2, 0) is 4.79 Å². The Hall–Kier alpha value is -1.47. The van der Waals surface area contributed by atoms with Crippen LogP contribution in [-0.4, -0.2) is 51.8 Å². The minimum atomic E-state index is -0.133. The lowest BCUT2D eigenvalue weighted by Gasteiger charge is -2.34. The van der Waals surface area contributed by atoms with E-state index in [1.165, 1.54) is 0 Å². The van der Waals surface area contributed by atoms with E-state index in [0.29, 0.717) is 24.4 Å². The number of aliphatic hydroxyl groups excluding tert-OH is 1. The zero-order chi connectivity index (χ0) is 14.7. The SMILES string of the molecule is O=C(CN1CCCCC1CCO)Nc1nnc(C2CC2)o1. The highest BCUT2D eigenvalue weighted by Crippen LogP contribution is 2.39. The Bertz CT molecular complexity index is 484. The summed E-state index contributed by atoms with van der Waals surface area (Å²) < 4.78 is 5.43. The second-order valence-corrected chi connectivity index (χ2v) is 5.90. The number of rotatable bonds is 6. The molecule has 3 rings (SSSR count). The van der Waals surface area contributed by atoms with Crippen molar-refractivity contribution >= 4 is 11.9 Å². The van der Waals surface area contributed by atoms with Crippen molar-refractivity contribution in [2.45, 2.75) is 50.5 Å². The predicted octanol–water partition coefficient (Wildman–Crippen LogP) is 1.12. The topological polar surface area (TPSA) is 91.5 Å². The standard InChI is InChI=1S/C14H22N4O3/c19-8-6-11-3-1-2-7-18(11)9-12(20)15-14-17-16-13(21-14)10-4-5-10/h10-11,19H,1-9H2,(H,15,17,20). The molecule has 116 valence electrons. The van der Waals surface area contributed by atoms with Crippen molar-refractivity contribution in [3.63, 3.8) is 0 Å². The van der Waals surface area contributed by atoms with Gasteiger partial charge in [0.2, 0.25) is 11.8 Å². The summed E-state index contributed by atoms with van der Waals surface area (Å²) in [6.07, 6.45) is 6.21. The largest absolute Gasteiger partial charge is 0.408 e. The van der Waals surface area contributed by atoms with Gasteiger partial charge in [-0.3, -0.25) is 15.0 Å². The third-order valence-corrected chi connectivity index (χ3v) is 4.17. The second kappa shape index (κ2) is 6.53. The van der Waals surface area contributed by atoms with Crippen LogP contribution in [0.3, 0.4) is 0 Å². The van der Waals surface area contributed by atoms with Gasteiger partial charge in [0.1, 0.15) is 0 Å². The molecule has 1 aromatic rings. The maximum Gasteiger partial charge on any atom is 0.322 e. The fourth-order valence-corrected chi connectivity index (χ4v) is 2.87. The molecular formula is C14H22N4O3. The van der Waals surface area contributed by atoms with Gasteiger partial charge in [0, 0.05) is 18.6 Å². The zero-order valence-corrected chi connectivity index (χ0v) is 12.1. The summed E-state index contributed by atoms with van der Waals surface area (Å²) in [5, 5.41) is 19.6. The third-order valence-electron chi connectivity index (χ3n) is 4.17. The van der Waals surface area contributed by atoms with Crippen LogP contribution in [0, 0.1) is 0 Å². The Labute approximate surface area is 123 Å². The predicted molar refractivity (Wildman–Crippen MR) is 75.8 cm³/mol. The molecule has 1 saturated carbocycles. The Balaban J connectivity index is 1.51. The molecule has 2 N–H and O–H groups in total. The highest BCUT2D eigenvalue weighted by Gasteiger charge is 2.30. The number of piperidine rings is 1. The van der Waals surface area contributed by atoms with Crippen molar-refractivity contribution in [1.29, 1.82) is 0 Å². The molecule has 7 heteroatoms. The number of hydrogen-bond acceptors (Lipinski definition) is 6. The molecule has 2 fully saturated rings. The van der Waals surface area contributed by atoms with E-state index in [1.54, 1.807) is 0 Å². The van der Waals surface area contributed by atoms with E-state index >= 15 is 0 Å². The Morgan fingerprint density at radius 3 is 2.95 bits per heavy atom. The molecule has 21 heavy (non-hydrogen) atoms. The van der Waals surface area contributed by atoms with Gasteiger partial charge in [0.05, 0.1) is 6.54 Å². The highest BCUT2D eigenvalue weighted by atomic mass is 16.4. The molecule has 1 amide bonds. The number of nitrogens with zero attached hydrogens (tertiary/aromatic N) is 3. The van der Waals surface area contributed by atoms with E-state index in [4.69, 9.17) is 9.52 Å². The van der Waals surface area contributed by atoms with E-state index in [1.807, 2.05) is 0 Å². The number of aliphatic hydroxyl groups is 1. The van der Waals surface area contributed by atoms with E-state index in [0.717, 1.165) is 45.1 Å². The minimum Gasteiger partial charge on any atom is -0.408 e. The normalized spacial score (nSPS) is 23.2. The van der Waals surface area contributed by atoms with Crippen LogP contribution in [0.25, 0.3) is 0 Å². The quantitative estimate of drug-likeness (QED) is 0.817. The molecule has 1 aliphatic carbocycles. The number of anilines is 1. The molecule has 1 aliphatic heterocycles. The van der Waals surface area contributed by atoms with Crippen LogP contribution in [0.2, 0.25) is 0 Å². The van der Waals surface area contributed by atoms with Gasteiger partial charge in [-0.2, -0.15) is 0 Å². The van der Waals surface area contributed by atoms with Crippen LogP contribution in [0.4, 0.5) is 6.01 Å². The third kappa shape index (κ3) is 3.79. The number of aromatic nitrogens is 2. The van der Waals surface area contributed by atoms with Gasteiger partial charge in [-0.1, -0.05) is 11.5 Å². The molecular weight excluding hydrogens is 272 g/mol. The van der Waals surface area contributed by atoms with E-state index in [2.05, 4.69) is 20.4 Å². The maximum absolute atomic E-state index is 12.1. The summed E-state index contributed by atoms with van der Waals surface area (Å²) in [5.74, 6) is 0.881. The van der Waals surface area contributed by atoms with Crippen LogP contribution in [0.1, 0.15) is 50.3 Å². The molecule has 0 aromatic carbocycles. The average molecular weight is 294 g/mol. The molecule has 2 aliphatic rings. The monoisotopic (exact) mass is 294 g/mol. The first-order valence-electron chi connectivity index (χ1n) is 7.74. The van der Waals surface area contributed by atoms with Crippen molar-refractivity contribution in [2.24, 2.45) is 0 Å². The first kappa shape index (κ1) is 14.5. The summed E-state index contributed by atoms with van der Waals surface area (Å²) in [5.41, 5.74) is 0. The Morgan fingerprint density at radius 2 is 2.19 bits per heavy atom. The number of nitrogens with one attached hydrogen (secondary N) is 1. The van der Waals surface area contributed by atoms with Crippen LogP contribution in [0.15, 0.2) is 4.42 Å². The van der Waals surface area contributed by atoms with Crippen molar-refractivity contribution in [3.8, 4) is 0 Å². The van der Waals surface area contributed by atoms with Gasteiger partial charge in [-0.05, 0) is 38.6 Å². The van der Waals surface area contributed by atoms with E-state index in [9.17, 15) is 4.79 Å². The Morgan fingerprint density at radius 1 is 1.33 bits per heavy atom. The summed E-state index contributed by atoms with van der Waals surface area (Å²) in [7, 11) is 0. The first-order chi connectivity index (χ1) is 10.3. The molecule has 0 spiro atoms. The number of likely N-dealkylation sites (tertiary alicyclic amines) is 1. The smallest absolute Gasteiger partial charge is 0.322 e. The minimum absolute atomic E-state index is 0.133. The average Bonchev–Trinajstić information content (AvgIpc) is 3.22. The molecule has 7 nitrogen and oxygen atoms in total. The summed E-state index contributed by atoms with van der Waals surface area (Å²) >= 11 is 0.